The summed E-state index contributed by atoms with van der Waals surface area (Å²) in [6.45, 7) is 0. The van der Waals surface area contributed by atoms with Crippen molar-refractivity contribution in [3.63, 3.8) is 0 Å². The van der Waals surface area contributed by atoms with Crippen LogP contribution < -0.4 is 5.11 Å². The molecular weight excluding hydrogens is 164 g/mol. The smallest absolute Gasteiger partial charge is 0.110 e. The Kier molecular flexibility index (Phi) is 2.46. The number of aliphatic hydroxyl groups is 3. The van der Waals surface area contributed by atoms with E-state index in [1.165, 1.54) is 0 Å². The van der Waals surface area contributed by atoms with E-state index in [-0.39, 0.29) is 12.0 Å². The number of hydrogen-bond acceptors (Lipinski definition) is 5. The van der Waals surface area contributed by atoms with Gasteiger partial charge >= 0.3 is 0 Å². The normalized spacial score (nSPS) is 35.9. The molecule has 68 valence electrons. The molecule has 3 atom stereocenters. The minimum absolute atomic E-state index is 0.180. The molecule has 5 nitrogen and oxygen atoms in total. The summed E-state index contributed by atoms with van der Waals surface area (Å²) in [4.78, 5) is 10.3. The van der Waals surface area contributed by atoms with Gasteiger partial charge in [0.2, 0.25) is 0 Å². The number of aliphatic carboxylic acids is 1. The standard InChI is InChI=1S/C7H10O5/c8-4-1-3(7(11)12)2-5(9)6(4)10/h1,4-6,8-10H,2H2,(H,11,12)/p-1. The third-order valence-corrected chi connectivity index (χ3v) is 1.81. The third-order valence-electron chi connectivity index (χ3n) is 1.81. The average molecular weight is 173 g/mol. The number of carbonyl (C=O) groups excluding carboxylic acids is 1. The van der Waals surface area contributed by atoms with Gasteiger partial charge in [0.25, 0.3) is 0 Å². The van der Waals surface area contributed by atoms with E-state index >= 15 is 0 Å². The summed E-state index contributed by atoms with van der Waals surface area (Å²) in [5, 5.41) is 37.3. The molecule has 0 saturated carbocycles. The molecule has 0 aromatic rings. The molecule has 0 aliphatic heterocycles. The fourth-order valence-corrected chi connectivity index (χ4v) is 1.10. The van der Waals surface area contributed by atoms with Crippen LogP contribution in [0, 0.1) is 0 Å². The van der Waals surface area contributed by atoms with E-state index in [1.807, 2.05) is 0 Å². The Labute approximate surface area is 68.6 Å². The van der Waals surface area contributed by atoms with Crippen molar-refractivity contribution in [2.24, 2.45) is 0 Å². The number of hydrogen-bond donors (Lipinski definition) is 3. The summed E-state index contributed by atoms with van der Waals surface area (Å²) in [6.07, 6.45) is -3.10. The molecule has 0 aromatic carbocycles. The molecule has 3 N–H and O–H groups in total. The van der Waals surface area contributed by atoms with Gasteiger partial charge in [-0.3, -0.25) is 0 Å². The van der Waals surface area contributed by atoms with Crippen molar-refractivity contribution < 1.29 is 25.2 Å². The zero-order valence-electron chi connectivity index (χ0n) is 6.17. The first-order valence-corrected chi connectivity index (χ1v) is 3.48. The Bertz CT molecular complexity index is 222. The van der Waals surface area contributed by atoms with Gasteiger partial charge in [-0.1, -0.05) is 0 Å². The summed E-state index contributed by atoms with van der Waals surface area (Å²) in [7, 11) is 0. The lowest BCUT2D eigenvalue weighted by molar-refractivity contribution is -0.300. The van der Waals surface area contributed by atoms with Crippen molar-refractivity contribution in [3.05, 3.63) is 11.6 Å². The monoisotopic (exact) mass is 173 g/mol. The zero-order valence-corrected chi connectivity index (χ0v) is 6.17. The average Bonchev–Trinajstić information content (AvgIpc) is 1.99. The summed E-state index contributed by atoms with van der Waals surface area (Å²) < 4.78 is 0. The molecule has 1 rings (SSSR count). The molecule has 0 amide bonds. The fourth-order valence-electron chi connectivity index (χ4n) is 1.10. The molecule has 12 heavy (non-hydrogen) atoms. The van der Waals surface area contributed by atoms with Gasteiger partial charge in [-0.15, -0.1) is 0 Å². The largest absolute Gasteiger partial charge is 0.545 e. The van der Waals surface area contributed by atoms with Crippen LogP contribution in [0.3, 0.4) is 0 Å². The maximum atomic E-state index is 10.3. The molecule has 0 spiro atoms. The third kappa shape index (κ3) is 1.63. The van der Waals surface area contributed by atoms with Gasteiger partial charge in [0.15, 0.2) is 0 Å². The molecule has 0 aromatic heterocycles. The minimum Gasteiger partial charge on any atom is -0.545 e. The second kappa shape index (κ2) is 3.22. The second-order valence-corrected chi connectivity index (χ2v) is 2.73. The van der Waals surface area contributed by atoms with Crippen molar-refractivity contribution in [2.45, 2.75) is 24.7 Å². The van der Waals surface area contributed by atoms with Gasteiger partial charge in [0.1, 0.15) is 12.2 Å². The van der Waals surface area contributed by atoms with E-state index in [9.17, 15) is 9.90 Å². The Balaban J connectivity index is 2.81. The van der Waals surface area contributed by atoms with Gasteiger partial charge in [-0.25, -0.2) is 0 Å². The van der Waals surface area contributed by atoms with Crippen LogP contribution >= 0.6 is 0 Å². The Morgan fingerprint density at radius 1 is 1.50 bits per heavy atom. The molecule has 1 aliphatic carbocycles. The summed E-state index contributed by atoms with van der Waals surface area (Å²) >= 11 is 0. The van der Waals surface area contributed by atoms with E-state index in [4.69, 9.17) is 15.3 Å². The molecule has 0 bridgehead atoms. The van der Waals surface area contributed by atoms with Crippen LogP contribution in [0.2, 0.25) is 0 Å². The Morgan fingerprint density at radius 3 is 2.50 bits per heavy atom. The van der Waals surface area contributed by atoms with Crippen molar-refractivity contribution in [2.75, 3.05) is 0 Å². The molecule has 0 radical (unpaired) electrons. The Morgan fingerprint density at radius 2 is 2.08 bits per heavy atom. The lowest BCUT2D eigenvalue weighted by Crippen LogP contribution is -2.42. The number of rotatable bonds is 1. The highest BCUT2D eigenvalue weighted by Gasteiger charge is 2.29. The fraction of sp³-hybridized carbons (Fsp3) is 0.571. The number of carboxylic acid groups (broad SMARTS) is 1. The van der Waals surface area contributed by atoms with Crippen LogP contribution in [-0.4, -0.2) is 39.6 Å². The topological polar surface area (TPSA) is 101 Å². The summed E-state index contributed by atoms with van der Waals surface area (Å²) in [5.74, 6) is -1.43. The quantitative estimate of drug-likeness (QED) is 0.396. The van der Waals surface area contributed by atoms with Crippen LogP contribution in [0.15, 0.2) is 11.6 Å². The van der Waals surface area contributed by atoms with Crippen LogP contribution in [0.4, 0.5) is 0 Å². The highest BCUT2D eigenvalue weighted by molar-refractivity contribution is 5.85. The first kappa shape index (κ1) is 9.18. The number of carbonyl (C=O) groups is 1. The highest BCUT2D eigenvalue weighted by atomic mass is 16.4. The van der Waals surface area contributed by atoms with E-state index in [1.54, 1.807) is 0 Å². The molecule has 1 aliphatic rings. The lowest BCUT2D eigenvalue weighted by atomic mass is 9.92. The van der Waals surface area contributed by atoms with Crippen molar-refractivity contribution in [1.29, 1.82) is 0 Å². The molecule has 0 fully saturated rings. The molecule has 0 saturated heterocycles. The maximum Gasteiger partial charge on any atom is 0.110 e. The van der Waals surface area contributed by atoms with Crippen molar-refractivity contribution in [3.8, 4) is 0 Å². The minimum atomic E-state index is -1.43. The number of aliphatic hydroxyl groups excluding tert-OH is 3. The maximum absolute atomic E-state index is 10.3. The predicted molar refractivity (Wildman–Crippen MR) is 35.7 cm³/mol. The van der Waals surface area contributed by atoms with Crippen LogP contribution in [0.1, 0.15) is 6.42 Å². The van der Waals surface area contributed by atoms with Crippen molar-refractivity contribution >= 4 is 5.97 Å². The van der Waals surface area contributed by atoms with E-state index < -0.39 is 24.3 Å². The lowest BCUT2D eigenvalue weighted by Gasteiger charge is -2.27. The van der Waals surface area contributed by atoms with Gasteiger partial charge < -0.3 is 25.2 Å². The first-order chi connectivity index (χ1) is 5.52. The Hall–Kier alpha value is -0.910. The zero-order chi connectivity index (χ0) is 9.30. The molecule has 3 unspecified atom stereocenters. The predicted octanol–water partition coefficient (Wildman–Crippen LogP) is -2.85. The molecule has 5 heteroatoms. The van der Waals surface area contributed by atoms with Crippen LogP contribution in [0.5, 0.6) is 0 Å². The van der Waals surface area contributed by atoms with Gasteiger partial charge in [0, 0.05) is 6.42 Å². The molecule has 0 heterocycles. The number of carboxylic acids is 1. The van der Waals surface area contributed by atoms with Crippen molar-refractivity contribution in [1.82, 2.24) is 0 Å². The highest BCUT2D eigenvalue weighted by Crippen LogP contribution is 2.18. The SMILES string of the molecule is O=C([O-])C1=CC(O)C(O)C(O)C1. The molecular formula is C7H9O5-. The van der Waals surface area contributed by atoms with E-state index in [0.717, 1.165) is 6.08 Å². The summed E-state index contributed by atoms with van der Waals surface area (Å²) in [6, 6.07) is 0. The van der Waals surface area contributed by atoms with Gasteiger partial charge in [0.05, 0.1) is 12.1 Å². The van der Waals surface area contributed by atoms with E-state index in [2.05, 4.69) is 0 Å². The van der Waals surface area contributed by atoms with Gasteiger partial charge in [-0.2, -0.15) is 0 Å². The second-order valence-electron chi connectivity index (χ2n) is 2.73. The van der Waals surface area contributed by atoms with Crippen LogP contribution in [-0.2, 0) is 4.79 Å². The van der Waals surface area contributed by atoms with Gasteiger partial charge in [-0.05, 0) is 11.6 Å². The van der Waals surface area contributed by atoms with Crippen LogP contribution in [0.25, 0.3) is 0 Å². The summed E-state index contributed by atoms with van der Waals surface area (Å²) in [5.41, 5.74) is -0.180. The first-order valence-electron chi connectivity index (χ1n) is 3.48. The van der Waals surface area contributed by atoms with E-state index in [0.29, 0.717) is 0 Å².